The molecule has 2 N–H and O–H groups in total. The van der Waals surface area contributed by atoms with E-state index < -0.39 is 10.8 Å². The number of nitrogens with one attached hydrogen (secondary N) is 2. The van der Waals surface area contributed by atoms with Gasteiger partial charge in [-0.05, 0) is 25.7 Å². The molecule has 1 saturated carbocycles. The Morgan fingerprint density at radius 3 is 2.86 bits per heavy atom. The minimum Gasteiger partial charge on any atom is -0.335 e. The molecule has 1 fully saturated rings. The quantitative estimate of drug-likeness (QED) is 0.871. The Kier molecular flexibility index (Phi) is 5.99. The number of nitrogens with zero attached hydrogens (tertiary/aromatic N) is 2. The van der Waals surface area contributed by atoms with Gasteiger partial charge in [0.2, 0.25) is 0 Å². The summed E-state index contributed by atoms with van der Waals surface area (Å²) in [7, 11) is 1.04. The summed E-state index contributed by atoms with van der Waals surface area (Å²) >= 11 is 0. The van der Waals surface area contributed by atoms with Gasteiger partial charge in [0.1, 0.15) is 5.82 Å². The third-order valence-electron chi connectivity index (χ3n) is 4.15. The van der Waals surface area contributed by atoms with Crippen LogP contribution in [0.4, 0.5) is 10.6 Å². The van der Waals surface area contributed by atoms with Gasteiger partial charge >= 0.3 is 6.03 Å². The van der Waals surface area contributed by atoms with Crippen LogP contribution < -0.4 is 10.6 Å². The van der Waals surface area contributed by atoms with Crippen LogP contribution in [0.25, 0.3) is 0 Å². The second-order valence-corrected chi connectivity index (χ2v) is 7.76. The van der Waals surface area contributed by atoms with Crippen molar-refractivity contribution in [2.45, 2.75) is 57.2 Å². The van der Waals surface area contributed by atoms with Gasteiger partial charge in [-0.15, -0.1) is 0 Å². The first-order valence-corrected chi connectivity index (χ1v) is 9.39. The van der Waals surface area contributed by atoms with Crippen LogP contribution in [0.1, 0.15) is 45.2 Å². The van der Waals surface area contributed by atoms with Crippen LogP contribution in [0.3, 0.4) is 0 Å². The van der Waals surface area contributed by atoms with Gasteiger partial charge in [-0.1, -0.05) is 20.3 Å². The van der Waals surface area contributed by atoms with Gasteiger partial charge in [0, 0.05) is 41.0 Å². The first-order valence-electron chi connectivity index (χ1n) is 8.01. The average molecular weight is 326 g/mol. The maximum Gasteiger partial charge on any atom is 0.320 e. The Bertz CT molecular complexity index is 544. The summed E-state index contributed by atoms with van der Waals surface area (Å²) < 4.78 is 13.6. The highest BCUT2D eigenvalue weighted by Gasteiger charge is 2.26. The summed E-state index contributed by atoms with van der Waals surface area (Å²) in [5, 5.41) is 10.4. The first kappa shape index (κ1) is 17.0. The van der Waals surface area contributed by atoms with Crippen LogP contribution in [0.5, 0.6) is 0 Å². The van der Waals surface area contributed by atoms with Gasteiger partial charge in [-0.3, -0.25) is 14.2 Å². The summed E-state index contributed by atoms with van der Waals surface area (Å²) in [6, 6.07) is 1.78. The van der Waals surface area contributed by atoms with Crippen LogP contribution in [-0.2, 0) is 24.3 Å². The molecule has 0 aromatic carbocycles. The number of urea groups is 1. The minimum absolute atomic E-state index is 0.105. The standard InChI is InChI=1S/C15H26N4O2S/c1-4-11-10-14(19(3)18-11)17-15(20)16-12-7-6-8-13(9-12)22(21)5-2/h10,12-13H,4-9H2,1-3H3,(H2,16,17,20). The van der Waals surface area contributed by atoms with Crippen LogP contribution in [0.15, 0.2) is 6.07 Å². The van der Waals surface area contributed by atoms with Gasteiger partial charge in [-0.25, -0.2) is 4.79 Å². The lowest BCUT2D eigenvalue weighted by atomic mass is 9.95. The molecule has 6 nitrogen and oxygen atoms in total. The maximum absolute atomic E-state index is 12.1. The average Bonchev–Trinajstić information content (AvgIpc) is 2.86. The molecule has 1 aliphatic carbocycles. The molecular formula is C15H26N4O2S. The highest BCUT2D eigenvalue weighted by Crippen LogP contribution is 2.23. The number of rotatable bonds is 5. The molecule has 0 spiro atoms. The van der Waals surface area contributed by atoms with Crippen molar-refractivity contribution in [3.05, 3.63) is 11.8 Å². The van der Waals surface area contributed by atoms with Crippen molar-refractivity contribution in [2.75, 3.05) is 11.1 Å². The minimum atomic E-state index is -0.774. The van der Waals surface area contributed by atoms with Crippen LogP contribution in [0.2, 0.25) is 0 Å². The molecule has 0 bridgehead atoms. The van der Waals surface area contributed by atoms with Crippen molar-refractivity contribution in [2.24, 2.45) is 7.05 Å². The molecule has 3 unspecified atom stereocenters. The Hall–Kier alpha value is -1.37. The number of carbonyl (C=O) groups excluding carboxylic acids is 1. The SMILES string of the molecule is CCc1cc(NC(=O)NC2CCCC(S(=O)CC)C2)n(C)n1. The van der Waals surface area contributed by atoms with E-state index in [2.05, 4.69) is 15.7 Å². The largest absolute Gasteiger partial charge is 0.335 e. The zero-order valence-electron chi connectivity index (χ0n) is 13.6. The number of hydrogen-bond donors (Lipinski definition) is 2. The lowest BCUT2D eigenvalue weighted by Crippen LogP contribution is -2.43. The van der Waals surface area contributed by atoms with Gasteiger partial charge in [0.05, 0.1) is 5.69 Å². The molecule has 1 aromatic heterocycles. The Morgan fingerprint density at radius 2 is 2.23 bits per heavy atom. The molecule has 2 rings (SSSR count). The molecule has 3 atom stereocenters. The summed E-state index contributed by atoms with van der Waals surface area (Å²) in [6.45, 7) is 3.98. The van der Waals surface area contributed by atoms with Gasteiger partial charge in [-0.2, -0.15) is 5.10 Å². The maximum atomic E-state index is 12.1. The molecule has 0 aliphatic heterocycles. The molecular weight excluding hydrogens is 300 g/mol. The predicted octanol–water partition coefficient (Wildman–Crippen LogP) is 2.18. The lowest BCUT2D eigenvalue weighted by Gasteiger charge is -2.29. The monoisotopic (exact) mass is 326 g/mol. The van der Waals surface area contributed by atoms with E-state index in [1.807, 2.05) is 27.0 Å². The number of amides is 2. The van der Waals surface area contributed by atoms with Crippen LogP contribution >= 0.6 is 0 Å². The summed E-state index contributed by atoms with van der Waals surface area (Å²) in [6.07, 6.45) is 4.62. The predicted molar refractivity (Wildman–Crippen MR) is 89.5 cm³/mol. The third-order valence-corrected chi connectivity index (χ3v) is 5.89. The molecule has 124 valence electrons. The van der Waals surface area contributed by atoms with Crippen molar-refractivity contribution in [3.63, 3.8) is 0 Å². The van der Waals surface area contributed by atoms with Crippen molar-refractivity contribution in [1.82, 2.24) is 15.1 Å². The number of hydrogen-bond acceptors (Lipinski definition) is 3. The van der Waals surface area contributed by atoms with E-state index >= 15 is 0 Å². The van der Waals surface area contributed by atoms with Gasteiger partial charge in [0.25, 0.3) is 0 Å². The number of aryl methyl sites for hydroxylation is 2. The molecule has 1 aliphatic rings. The fraction of sp³-hybridized carbons (Fsp3) is 0.733. The van der Waals surface area contributed by atoms with E-state index in [0.29, 0.717) is 11.6 Å². The normalized spacial score (nSPS) is 23.0. The highest BCUT2D eigenvalue weighted by molar-refractivity contribution is 7.85. The van der Waals surface area contributed by atoms with E-state index in [-0.39, 0.29) is 17.3 Å². The summed E-state index contributed by atoms with van der Waals surface area (Å²) in [5.41, 5.74) is 0.953. The molecule has 22 heavy (non-hydrogen) atoms. The number of carbonyl (C=O) groups is 1. The Labute approximate surface area is 134 Å². The van der Waals surface area contributed by atoms with Crippen LogP contribution in [0, 0.1) is 0 Å². The van der Waals surface area contributed by atoms with Crippen LogP contribution in [-0.4, -0.2) is 37.1 Å². The molecule has 0 radical (unpaired) electrons. The molecule has 1 aromatic rings. The van der Waals surface area contributed by atoms with E-state index in [0.717, 1.165) is 37.8 Å². The van der Waals surface area contributed by atoms with Crippen molar-refractivity contribution in [1.29, 1.82) is 0 Å². The Balaban J connectivity index is 1.88. The molecule has 1 heterocycles. The topological polar surface area (TPSA) is 76.0 Å². The zero-order chi connectivity index (χ0) is 16.1. The molecule has 7 heteroatoms. The Morgan fingerprint density at radius 1 is 1.45 bits per heavy atom. The fourth-order valence-electron chi connectivity index (χ4n) is 2.90. The van der Waals surface area contributed by atoms with E-state index in [1.165, 1.54) is 0 Å². The molecule has 2 amide bonds. The highest BCUT2D eigenvalue weighted by atomic mass is 32.2. The second kappa shape index (κ2) is 7.76. The summed E-state index contributed by atoms with van der Waals surface area (Å²) in [4.78, 5) is 12.1. The third kappa shape index (κ3) is 4.32. The molecule has 0 saturated heterocycles. The fourth-order valence-corrected chi connectivity index (χ4v) is 4.25. The number of anilines is 1. The second-order valence-electron chi connectivity index (χ2n) is 5.75. The van der Waals surface area contributed by atoms with E-state index in [9.17, 15) is 9.00 Å². The zero-order valence-corrected chi connectivity index (χ0v) is 14.4. The van der Waals surface area contributed by atoms with Gasteiger partial charge in [0.15, 0.2) is 0 Å². The van der Waals surface area contributed by atoms with Crippen molar-refractivity contribution >= 4 is 22.6 Å². The lowest BCUT2D eigenvalue weighted by molar-refractivity contribution is 0.244. The van der Waals surface area contributed by atoms with Gasteiger partial charge < -0.3 is 5.32 Å². The smallest absolute Gasteiger partial charge is 0.320 e. The van der Waals surface area contributed by atoms with Crippen molar-refractivity contribution < 1.29 is 9.00 Å². The first-order chi connectivity index (χ1) is 10.5. The van der Waals surface area contributed by atoms with E-state index in [1.54, 1.807) is 4.68 Å². The number of aromatic nitrogens is 2. The van der Waals surface area contributed by atoms with E-state index in [4.69, 9.17) is 0 Å². The van der Waals surface area contributed by atoms with Crippen molar-refractivity contribution in [3.8, 4) is 0 Å². The summed E-state index contributed by atoms with van der Waals surface area (Å²) in [5.74, 6) is 1.39.